The maximum atomic E-state index is 11.1. The smallest absolute Gasteiger partial charge is 0.269 e. The number of primary amides is 1. The summed E-state index contributed by atoms with van der Waals surface area (Å²) in [6.07, 6.45) is 8.10. The van der Waals surface area contributed by atoms with Gasteiger partial charge in [0.15, 0.2) is 0 Å². The Labute approximate surface area is 91.6 Å². The number of carbonyl (C=O) groups excluding carboxylic acids is 1. The zero-order valence-corrected chi connectivity index (χ0v) is 8.37. The van der Waals surface area contributed by atoms with Gasteiger partial charge in [-0.05, 0) is 0 Å². The zero-order valence-electron chi connectivity index (χ0n) is 8.37. The van der Waals surface area contributed by atoms with Crippen molar-refractivity contribution < 1.29 is 4.79 Å². The Balaban J connectivity index is 2.31. The molecule has 2 rings (SSSR count). The second-order valence-corrected chi connectivity index (χ2v) is 3.09. The van der Waals surface area contributed by atoms with Crippen LogP contribution in [-0.4, -0.2) is 25.8 Å². The normalized spacial score (nSPS) is 10.0. The zero-order chi connectivity index (χ0) is 11.4. The van der Waals surface area contributed by atoms with E-state index in [1.165, 1.54) is 12.4 Å². The van der Waals surface area contributed by atoms with Gasteiger partial charge in [-0.2, -0.15) is 0 Å². The quantitative estimate of drug-likeness (QED) is 0.774. The monoisotopic (exact) mass is 215 g/mol. The van der Waals surface area contributed by atoms with E-state index in [-0.39, 0.29) is 5.69 Å². The number of nitrogens with two attached hydrogens (primary N) is 1. The Bertz CT molecular complexity index is 500. The Kier molecular flexibility index (Phi) is 2.81. The number of hydrogen-bond acceptors (Lipinski definition) is 5. The van der Waals surface area contributed by atoms with Crippen molar-refractivity contribution in [3.8, 4) is 0 Å². The molecule has 6 heteroatoms. The van der Waals surface area contributed by atoms with Crippen LogP contribution in [0.4, 0.5) is 0 Å². The average molecular weight is 215 g/mol. The Morgan fingerprint density at radius 1 is 1.12 bits per heavy atom. The van der Waals surface area contributed by atoms with Crippen molar-refractivity contribution in [2.24, 2.45) is 5.73 Å². The highest BCUT2D eigenvalue weighted by atomic mass is 16.1. The fourth-order valence-corrected chi connectivity index (χ4v) is 1.29. The summed E-state index contributed by atoms with van der Waals surface area (Å²) in [6, 6.07) is 0. The maximum Gasteiger partial charge on any atom is 0.269 e. The van der Waals surface area contributed by atoms with Crippen LogP contribution in [0.15, 0.2) is 31.0 Å². The standard InChI is InChI=1S/C10H9N5O/c11-10(16)9-8(14-3-4-15-9)5-7-6-12-1-2-13-7/h1-4,6H,5H2,(H2,11,16). The van der Waals surface area contributed by atoms with Crippen LogP contribution < -0.4 is 5.73 Å². The van der Waals surface area contributed by atoms with Gasteiger partial charge in [-0.3, -0.25) is 19.7 Å². The molecule has 1 amide bonds. The molecule has 0 aromatic carbocycles. The molecule has 0 atom stereocenters. The van der Waals surface area contributed by atoms with Gasteiger partial charge in [-0.15, -0.1) is 0 Å². The minimum absolute atomic E-state index is 0.174. The molecule has 0 radical (unpaired) electrons. The third kappa shape index (κ3) is 2.17. The first-order chi connectivity index (χ1) is 7.77. The largest absolute Gasteiger partial charge is 0.364 e. The first-order valence-electron chi connectivity index (χ1n) is 4.62. The minimum atomic E-state index is -0.591. The highest BCUT2D eigenvalue weighted by Gasteiger charge is 2.11. The third-order valence-electron chi connectivity index (χ3n) is 1.97. The molecular weight excluding hydrogens is 206 g/mol. The summed E-state index contributed by atoms with van der Waals surface area (Å²) in [4.78, 5) is 27.1. The second-order valence-electron chi connectivity index (χ2n) is 3.09. The van der Waals surface area contributed by atoms with Crippen LogP contribution in [-0.2, 0) is 6.42 Å². The highest BCUT2D eigenvalue weighted by molar-refractivity contribution is 5.91. The molecule has 6 nitrogen and oxygen atoms in total. The molecule has 2 heterocycles. The molecule has 16 heavy (non-hydrogen) atoms. The lowest BCUT2D eigenvalue weighted by molar-refractivity contribution is 0.0994. The molecule has 2 aromatic heterocycles. The SMILES string of the molecule is NC(=O)c1nccnc1Cc1cnccn1. The van der Waals surface area contributed by atoms with E-state index in [1.807, 2.05) is 0 Å². The second kappa shape index (κ2) is 4.43. The van der Waals surface area contributed by atoms with E-state index in [9.17, 15) is 4.79 Å². The number of aromatic nitrogens is 4. The van der Waals surface area contributed by atoms with Crippen molar-refractivity contribution in [3.63, 3.8) is 0 Å². The maximum absolute atomic E-state index is 11.1. The molecule has 0 aliphatic heterocycles. The first-order valence-corrected chi connectivity index (χ1v) is 4.62. The predicted octanol–water partition coefficient (Wildman–Crippen LogP) is -0.0437. The van der Waals surface area contributed by atoms with E-state index in [1.54, 1.807) is 18.6 Å². The van der Waals surface area contributed by atoms with E-state index in [0.29, 0.717) is 17.8 Å². The van der Waals surface area contributed by atoms with Crippen LogP contribution in [0.3, 0.4) is 0 Å². The van der Waals surface area contributed by atoms with E-state index in [2.05, 4.69) is 19.9 Å². The van der Waals surface area contributed by atoms with Crippen LogP contribution >= 0.6 is 0 Å². The molecule has 0 fully saturated rings. The van der Waals surface area contributed by atoms with Crippen molar-refractivity contribution >= 4 is 5.91 Å². The average Bonchev–Trinajstić information content (AvgIpc) is 2.31. The van der Waals surface area contributed by atoms with Gasteiger partial charge in [-0.1, -0.05) is 0 Å². The molecule has 2 aromatic rings. The molecule has 0 bridgehead atoms. The van der Waals surface area contributed by atoms with Gasteiger partial charge in [0, 0.05) is 37.4 Å². The van der Waals surface area contributed by atoms with Gasteiger partial charge in [0.05, 0.1) is 11.4 Å². The lowest BCUT2D eigenvalue weighted by Crippen LogP contribution is -2.17. The molecule has 80 valence electrons. The van der Waals surface area contributed by atoms with E-state index >= 15 is 0 Å². The van der Waals surface area contributed by atoms with Crippen molar-refractivity contribution in [2.45, 2.75) is 6.42 Å². The van der Waals surface area contributed by atoms with E-state index in [0.717, 1.165) is 0 Å². The van der Waals surface area contributed by atoms with Crippen molar-refractivity contribution in [2.75, 3.05) is 0 Å². The molecule has 0 aliphatic rings. The van der Waals surface area contributed by atoms with Gasteiger partial charge < -0.3 is 5.73 Å². The van der Waals surface area contributed by atoms with Crippen molar-refractivity contribution in [1.82, 2.24) is 19.9 Å². The van der Waals surface area contributed by atoms with Gasteiger partial charge in [0.1, 0.15) is 5.69 Å². The van der Waals surface area contributed by atoms with Crippen LogP contribution in [0.5, 0.6) is 0 Å². The van der Waals surface area contributed by atoms with Crippen molar-refractivity contribution in [1.29, 1.82) is 0 Å². The van der Waals surface area contributed by atoms with Crippen LogP contribution in [0.2, 0.25) is 0 Å². The summed E-state index contributed by atoms with van der Waals surface area (Å²) in [6.45, 7) is 0. The molecule has 0 saturated carbocycles. The minimum Gasteiger partial charge on any atom is -0.364 e. The van der Waals surface area contributed by atoms with Gasteiger partial charge in [0.25, 0.3) is 5.91 Å². The lowest BCUT2D eigenvalue weighted by atomic mass is 10.2. The molecule has 0 saturated heterocycles. The summed E-state index contributed by atoms with van der Waals surface area (Å²) in [5, 5.41) is 0. The highest BCUT2D eigenvalue weighted by Crippen LogP contribution is 2.06. The summed E-state index contributed by atoms with van der Waals surface area (Å²) in [5.41, 5.74) is 6.59. The summed E-state index contributed by atoms with van der Waals surface area (Å²) < 4.78 is 0. The molecular formula is C10H9N5O. The third-order valence-corrected chi connectivity index (χ3v) is 1.97. The number of hydrogen-bond donors (Lipinski definition) is 1. The number of rotatable bonds is 3. The fraction of sp³-hybridized carbons (Fsp3) is 0.100. The Morgan fingerprint density at radius 2 is 1.88 bits per heavy atom. The summed E-state index contributed by atoms with van der Waals surface area (Å²) >= 11 is 0. The topological polar surface area (TPSA) is 94.7 Å². The summed E-state index contributed by atoms with van der Waals surface area (Å²) in [5.74, 6) is -0.591. The lowest BCUT2D eigenvalue weighted by Gasteiger charge is -2.02. The Hall–Kier alpha value is -2.37. The molecule has 0 unspecified atom stereocenters. The number of amides is 1. The van der Waals surface area contributed by atoms with Crippen LogP contribution in [0.1, 0.15) is 21.9 Å². The van der Waals surface area contributed by atoms with E-state index < -0.39 is 5.91 Å². The Morgan fingerprint density at radius 3 is 2.56 bits per heavy atom. The van der Waals surface area contributed by atoms with Crippen molar-refractivity contribution in [3.05, 3.63) is 48.1 Å². The number of carbonyl (C=O) groups is 1. The predicted molar refractivity (Wildman–Crippen MR) is 55.4 cm³/mol. The first kappa shape index (κ1) is 10.2. The van der Waals surface area contributed by atoms with Gasteiger partial charge >= 0.3 is 0 Å². The summed E-state index contributed by atoms with van der Waals surface area (Å²) in [7, 11) is 0. The van der Waals surface area contributed by atoms with E-state index in [4.69, 9.17) is 5.73 Å². The van der Waals surface area contributed by atoms with Gasteiger partial charge in [-0.25, -0.2) is 4.98 Å². The molecule has 0 aliphatic carbocycles. The fourth-order valence-electron chi connectivity index (χ4n) is 1.29. The number of nitrogens with zero attached hydrogens (tertiary/aromatic N) is 4. The molecule has 0 spiro atoms. The molecule has 2 N–H and O–H groups in total. The van der Waals surface area contributed by atoms with Crippen LogP contribution in [0.25, 0.3) is 0 Å². The van der Waals surface area contributed by atoms with Crippen LogP contribution in [0, 0.1) is 0 Å². The van der Waals surface area contributed by atoms with Gasteiger partial charge in [0.2, 0.25) is 0 Å².